The third kappa shape index (κ3) is 2.50. The number of hydrogen-bond donors (Lipinski definition) is 3. The summed E-state index contributed by atoms with van der Waals surface area (Å²) in [5.41, 5.74) is 2.22. The molecule has 0 saturated heterocycles. The largest absolute Gasteiger partial charge is 0.462 e. The highest BCUT2D eigenvalue weighted by atomic mass is 16.4. The van der Waals surface area contributed by atoms with Crippen molar-refractivity contribution in [2.75, 3.05) is 0 Å². The van der Waals surface area contributed by atoms with E-state index in [2.05, 4.69) is 15.5 Å². The predicted molar refractivity (Wildman–Crippen MR) is 58.5 cm³/mol. The first-order valence-electron chi connectivity index (χ1n) is 5.17. The van der Waals surface area contributed by atoms with Crippen molar-refractivity contribution < 1.29 is 9.52 Å². The summed E-state index contributed by atoms with van der Waals surface area (Å²) in [6, 6.07) is 3.64. The Morgan fingerprint density at radius 1 is 1.38 bits per heavy atom. The fourth-order valence-electron chi connectivity index (χ4n) is 1.48. The molecule has 0 atom stereocenters. The molecule has 16 heavy (non-hydrogen) atoms. The van der Waals surface area contributed by atoms with Crippen LogP contribution >= 0.6 is 0 Å². The van der Waals surface area contributed by atoms with Crippen molar-refractivity contribution in [3.63, 3.8) is 0 Å². The fourth-order valence-corrected chi connectivity index (χ4v) is 1.48. The molecule has 2 aromatic rings. The van der Waals surface area contributed by atoms with Crippen LogP contribution in [0.3, 0.4) is 0 Å². The summed E-state index contributed by atoms with van der Waals surface area (Å²) in [6.45, 7) is 3.32. The highest BCUT2D eigenvalue weighted by molar-refractivity contribution is 5.14. The molecule has 2 aromatic heterocycles. The number of nitrogens with one attached hydrogen (secondary N) is 2. The molecule has 0 fully saturated rings. The number of aromatic amines is 1. The average Bonchev–Trinajstić information content (AvgIpc) is 2.89. The fraction of sp³-hybridized carbons (Fsp3) is 0.364. The van der Waals surface area contributed by atoms with Gasteiger partial charge >= 0.3 is 0 Å². The number of aromatic nitrogens is 2. The molecule has 0 aromatic carbocycles. The van der Waals surface area contributed by atoms with Crippen LogP contribution in [0.15, 0.2) is 22.7 Å². The number of rotatable bonds is 5. The van der Waals surface area contributed by atoms with Gasteiger partial charge in [-0.25, -0.2) is 0 Å². The van der Waals surface area contributed by atoms with E-state index in [0.717, 1.165) is 23.6 Å². The minimum atomic E-state index is -0.0547. The maximum absolute atomic E-state index is 8.84. The third-order valence-electron chi connectivity index (χ3n) is 2.42. The van der Waals surface area contributed by atoms with Crippen LogP contribution in [0.4, 0.5) is 0 Å². The Kier molecular flexibility index (Phi) is 3.38. The molecular formula is C11H15N3O2. The first-order chi connectivity index (χ1) is 7.79. The zero-order valence-electron chi connectivity index (χ0n) is 9.16. The number of aryl methyl sites for hydroxylation is 1. The van der Waals surface area contributed by atoms with Gasteiger partial charge in [0.15, 0.2) is 0 Å². The van der Waals surface area contributed by atoms with Crippen LogP contribution in [0.25, 0.3) is 0 Å². The smallest absolute Gasteiger partial charge is 0.129 e. The lowest BCUT2D eigenvalue weighted by Gasteiger charge is -2.01. The van der Waals surface area contributed by atoms with Gasteiger partial charge in [-0.15, -0.1) is 0 Å². The first-order valence-corrected chi connectivity index (χ1v) is 5.17. The number of hydrogen-bond acceptors (Lipinski definition) is 4. The SMILES string of the molecule is Cc1[nH]ncc1CNCc1ccc(CO)o1. The van der Waals surface area contributed by atoms with Gasteiger partial charge in [0, 0.05) is 17.8 Å². The van der Waals surface area contributed by atoms with E-state index in [0.29, 0.717) is 12.3 Å². The molecule has 2 heterocycles. The first kappa shape index (κ1) is 10.9. The molecule has 2 rings (SSSR count). The van der Waals surface area contributed by atoms with E-state index in [4.69, 9.17) is 9.52 Å². The van der Waals surface area contributed by atoms with Crippen molar-refractivity contribution in [3.8, 4) is 0 Å². The normalized spacial score (nSPS) is 10.9. The Morgan fingerprint density at radius 3 is 2.81 bits per heavy atom. The summed E-state index contributed by atoms with van der Waals surface area (Å²) in [5.74, 6) is 1.42. The molecule has 3 N–H and O–H groups in total. The molecule has 5 heteroatoms. The number of aliphatic hydroxyl groups excluding tert-OH is 1. The van der Waals surface area contributed by atoms with Gasteiger partial charge in [0.1, 0.15) is 18.1 Å². The van der Waals surface area contributed by atoms with Crippen LogP contribution < -0.4 is 5.32 Å². The summed E-state index contributed by atoms with van der Waals surface area (Å²) >= 11 is 0. The molecule has 0 spiro atoms. The summed E-state index contributed by atoms with van der Waals surface area (Å²) in [7, 11) is 0. The molecule has 0 unspecified atom stereocenters. The monoisotopic (exact) mass is 221 g/mol. The topological polar surface area (TPSA) is 74.1 Å². The van der Waals surface area contributed by atoms with Gasteiger partial charge in [-0.05, 0) is 19.1 Å². The van der Waals surface area contributed by atoms with Crippen molar-refractivity contribution in [1.29, 1.82) is 0 Å². The Balaban J connectivity index is 1.82. The summed E-state index contributed by atoms with van der Waals surface area (Å²) in [4.78, 5) is 0. The van der Waals surface area contributed by atoms with Crippen molar-refractivity contribution in [2.45, 2.75) is 26.6 Å². The maximum atomic E-state index is 8.84. The van der Waals surface area contributed by atoms with E-state index in [1.165, 1.54) is 0 Å². The Labute approximate surface area is 93.5 Å². The van der Waals surface area contributed by atoms with Crippen LogP contribution in [0.1, 0.15) is 22.8 Å². The molecule has 0 aliphatic heterocycles. The van der Waals surface area contributed by atoms with Crippen molar-refractivity contribution >= 4 is 0 Å². The quantitative estimate of drug-likeness (QED) is 0.706. The maximum Gasteiger partial charge on any atom is 0.129 e. The molecule has 0 aliphatic rings. The second kappa shape index (κ2) is 4.96. The van der Waals surface area contributed by atoms with E-state index in [1.807, 2.05) is 19.2 Å². The minimum Gasteiger partial charge on any atom is -0.462 e. The molecule has 0 bridgehead atoms. The molecule has 86 valence electrons. The molecule has 0 amide bonds. The molecule has 5 nitrogen and oxygen atoms in total. The zero-order chi connectivity index (χ0) is 11.4. The molecule has 0 radical (unpaired) electrons. The van der Waals surface area contributed by atoms with Crippen molar-refractivity contribution in [1.82, 2.24) is 15.5 Å². The van der Waals surface area contributed by atoms with Gasteiger partial charge in [0.05, 0.1) is 12.7 Å². The van der Waals surface area contributed by atoms with E-state index >= 15 is 0 Å². The molecular weight excluding hydrogens is 206 g/mol. The van der Waals surface area contributed by atoms with Gasteiger partial charge < -0.3 is 14.8 Å². The highest BCUT2D eigenvalue weighted by Crippen LogP contribution is 2.08. The van der Waals surface area contributed by atoms with E-state index < -0.39 is 0 Å². The number of aliphatic hydroxyl groups is 1. The average molecular weight is 221 g/mol. The van der Waals surface area contributed by atoms with Crippen molar-refractivity contribution in [3.05, 3.63) is 41.1 Å². The minimum absolute atomic E-state index is 0.0547. The lowest BCUT2D eigenvalue weighted by atomic mass is 10.2. The zero-order valence-corrected chi connectivity index (χ0v) is 9.16. The predicted octanol–water partition coefficient (Wildman–Crippen LogP) is 1.09. The Hall–Kier alpha value is -1.59. The van der Waals surface area contributed by atoms with Gasteiger partial charge in [-0.1, -0.05) is 0 Å². The lowest BCUT2D eigenvalue weighted by molar-refractivity contribution is 0.242. The second-order valence-corrected chi connectivity index (χ2v) is 3.65. The molecule has 0 saturated carbocycles. The summed E-state index contributed by atoms with van der Waals surface area (Å²) in [5, 5.41) is 18.9. The number of furan rings is 1. The van der Waals surface area contributed by atoms with Crippen LogP contribution in [-0.4, -0.2) is 15.3 Å². The van der Waals surface area contributed by atoms with E-state index in [1.54, 1.807) is 6.07 Å². The summed E-state index contributed by atoms with van der Waals surface area (Å²) in [6.07, 6.45) is 1.81. The van der Waals surface area contributed by atoms with Crippen LogP contribution in [0, 0.1) is 6.92 Å². The van der Waals surface area contributed by atoms with E-state index in [9.17, 15) is 0 Å². The molecule has 0 aliphatic carbocycles. The standard InChI is InChI=1S/C11H15N3O2/c1-8-9(5-13-14-8)4-12-6-10-2-3-11(7-15)16-10/h2-3,5,12,15H,4,6-7H2,1H3,(H,13,14). The summed E-state index contributed by atoms with van der Waals surface area (Å²) < 4.78 is 5.35. The van der Waals surface area contributed by atoms with Crippen LogP contribution in [0.2, 0.25) is 0 Å². The Bertz CT molecular complexity index is 448. The van der Waals surface area contributed by atoms with Gasteiger partial charge in [0.25, 0.3) is 0 Å². The highest BCUT2D eigenvalue weighted by Gasteiger charge is 2.02. The van der Waals surface area contributed by atoms with E-state index in [-0.39, 0.29) is 6.61 Å². The van der Waals surface area contributed by atoms with Crippen LogP contribution in [-0.2, 0) is 19.7 Å². The van der Waals surface area contributed by atoms with Gasteiger partial charge in [0.2, 0.25) is 0 Å². The lowest BCUT2D eigenvalue weighted by Crippen LogP contribution is -2.12. The van der Waals surface area contributed by atoms with Gasteiger partial charge in [-0.3, -0.25) is 5.10 Å². The Morgan fingerprint density at radius 2 is 2.19 bits per heavy atom. The van der Waals surface area contributed by atoms with Crippen LogP contribution in [0.5, 0.6) is 0 Å². The van der Waals surface area contributed by atoms with Gasteiger partial charge in [-0.2, -0.15) is 5.10 Å². The second-order valence-electron chi connectivity index (χ2n) is 3.65. The third-order valence-corrected chi connectivity index (χ3v) is 2.42. The number of nitrogens with zero attached hydrogens (tertiary/aromatic N) is 1. The number of H-pyrrole nitrogens is 1. The van der Waals surface area contributed by atoms with Crippen molar-refractivity contribution in [2.24, 2.45) is 0 Å².